The summed E-state index contributed by atoms with van der Waals surface area (Å²) in [4.78, 5) is 24.7. The Morgan fingerprint density at radius 2 is 2.19 bits per heavy atom. The van der Waals surface area contributed by atoms with E-state index in [1.165, 1.54) is 6.92 Å². The molecule has 4 nitrogen and oxygen atoms in total. The third-order valence-corrected chi connectivity index (χ3v) is 1.79. The molecule has 0 fully saturated rings. The molecule has 1 amide bonds. The first-order valence-electron chi connectivity index (χ1n) is 4.41. The Bertz CT molecular complexity index is 371. The number of esters is 1. The van der Waals surface area contributed by atoms with E-state index in [-0.39, 0.29) is 6.61 Å². The zero-order valence-corrected chi connectivity index (χ0v) is 8.25. The van der Waals surface area contributed by atoms with Gasteiger partial charge < -0.3 is 4.74 Å². The van der Waals surface area contributed by atoms with Crippen LogP contribution in [0.1, 0.15) is 6.92 Å². The van der Waals surface area contributed by atoms with Gasteiger partial charge in [0.1, 0.15) is 11.6 Å². The average Bonchev–Trinajstić information content (AvgIpc) is 2.16. The van der Waals surface area contributed by atoms with Gasteiger partial charge in [0.15, 0.2) is 0 Å². The average molecular weight is 235 g/mol. The van der Waals surface area contributed by atoms with Crippen molar-refractivity contribution in [2.75, 3.05) is 6.61 Å². The minimum Gasteiger partial charge on any atom is -0.465 e. The van der Waals surface area contributed by atoms with Crippen molar-refractivity contribution < 1.29 is 27.5 Å². The highest BCUT2D eigenvalue weighted by Crippen LogP contribution is 2.26. The number of halogens is 3. The number of hydrogen-bond donors (Lipinski definition) is 0. The Labute approximate surface area is 88.8 Å². The predicted molar refractivity (Wildman–Crippen MR) is 47.8 cm³/mol. The minimum absolute atomic E-state index is 0.0394. The van der Waals surface area contributed by atoms with Crippen LogP contribution in [-0.2, 0) is 14.3 Å². The molecule has 0 aromatic heterocycles. The highest BCUT2D eigenvalue weighted by molar-refractivity contribution is 6.14. The first-order valence-corrected chi connectivity index (χ1v) is 4.41. The molecule has 1 heterocycles. The van der Waals surface area contributed by atoms with Crippen molar-refractivity contribution in [3.63, 3.8) is 0 Å². The minimum atomic E-state index is -4.82. The van der Waals surface area contributed by atoms with Crippen molar-refractivity contribution in [3.05, 3.63) is 12.2 Å². The summed E-state index contributed by atoms with van der Waals surface area (Å²) in [5.74, 6) is -3.76. The fraction of sp³-hybridized carbons (Fsp3) is 0.444. The van der Waals surface area contributed by atoms with Crippen molar-refractivity contribution in [2.45, 2.75) is 13.1 Å². The Hall–Kier alpha value is -1.66. The summed E-state index contributed by atoms with van der Waals surface area (Å²) < 4.78 is 41.8. The summed E-state index contributed by atoms with van der Waals surface area (Å²) in [5.41, 5.74) is -1.43. The number of rotatable bonds is 2. The number of nitrogens with zero attached hydrogens (tertiary/aromatic N) is 1. The number of aliphatic imine (C=N–C) groups is 1. The highest BCUT2D eigenvalue weighted by atomic mass is 19.4. The standard InChI is InChI=1S/C9H8F3NO3/c1-2-16-8(15)5-3-4-6(14)13-7(5)9(10,11)12/h3-5H,2H2,1H3. The molecule has 0 spiro atoms. The SMILES string of the molecule is CCOC(=O)C1C=CC(=O)N=C1C(F)(F)F. The molecule has 1 atom stereocenters. The summed E-state index contributed by atoms with van der Waals surface area (Å²) in [6, 6.07) is 0. The number of ether oxygens (including phenoxy) is 1. The molecule has 1 rings (SSSR count). The molecule has 0 saturated heterocycles. The van der Waals surface area contributed by atoms with E-state index in [0.29, 0.717) is 0 Å². The molecule has 0 aliphatic carbocycles. The van der Waals surface area contributed by atoms with Crippen molar-refractivity contribution in [2.24, 2.45) is 10.9 Å². The van der Waals surface area contributed by atoms with Crippen LogP contribution in [-0.4, -0.2) is 30.4 Å². The van der Waals surface area contributed by atoms with E-state index in [1.807, 2.05) is 0 Å². The van der Waals surface area contributed by atoms with Gasteiger partial charge in [0.2, 0.25) is 0 Å². The second-order valence-corrected chi connectivity index (χ2v) is 2.92. The number of hydrogen-bond acceptors (Lipinski definition) is 3. The van der Waals surface area contributed by atoms with E-state index in [2.05, 4.69) is 9.73 Å². The van der Waals surface area contributed by atoms with Crippen LogP contribution in [0.3, 0.4) is 0 Å². The first kappa shape index (κ1) is 12.4. The smallest absolute Gasteiger partial charge is 0.430 e. The van der Waals surface area contributed by atoms with Gasteiger partial charge in [-0.25, -0.2) is 4.99 Å². The van der Waals surface area contributed by atoms with Gasteiger partial charge >= 0.3 is 12.1 Å². The van der Waals surface area contributed by atoms with Crippen molar-refractivity contribution in [1.82, 2.24) is 0 Å². The number of alkyl halides is 3. The summed E-state index contributed by atoms with van der Waals surface area (Å²) in [7, 11) is 0. The third kappa shape index (κ3) is 2.68. The molecule has 0 saturated carbocycles. The van der Waals surface area contributed by atoms with E-state index in [0.717, 1.165) is 12.2 Å². The molecule has 0 N–H and O–H groups in total. The second kappa shape index (κ2) is 4.46. The van der Waals surface area contributed by atoms with Crippen LogP contribution in [0.4, 0.5) is 13.2 Å². The van der Waals surface area contributed by atoms with Gasteiger partial charge in [-0.3, -0.25) is 9.59 Å². The maximum atomic E-state index is 12.4. The summed E-state index contributed by atoms with van der Waals surface area (Å²) in [6.45, 7) is 1.43. The molecule has 0 aromatic rings. The van der Waals surface area contributed by atoms with Crippen molar-refractivity contribution in [1.29, 1.82) is 0 Å². The lowest BCUT2D eigenvalue weighted by Crippen LogP contribution is -2.37. The molecular formula is C9H8F3NO3. The molecule has 7 heteroatoms. The van der Waals surface area contributed by atoms with E-state index >= 15 is 0 Å². The van der Waals surface area contributed by atoms with Gasteiger partial charge in [-0.15, -0.1) is 0 Å². The summed E-state index contributed by atoms with van der Waals surface area (Å²) in [5, 5.41) is 0. The van der Waals surface area contributed by atoms with Crippen LogP contribution in [0.25, 0.3) is 0 Å². The lowest BCUT2D eigenvalue weighted by molar-refractivity contribution is -0.145. The summed E-state index contributed by atoms with van der Waals surface area (Å²) >= 11 is 0. The van der Waals surface area contributed by atoms with Gasteiger partial charge in [-0.1, -0.05) is 6.08 Å². The predicted octanol–water partition coefficient (Wildman–Crippen LogP) is 1.27. The molecule has 0 aromatic carbocycles. The molecular weight excluding hydrogens is 227 g/mol. The summed E-state index contributed by atoms with van der Waals surface area (Å²) in [6.07, 6.45) is -3.16. The van der Waals surface area contributed by atoms with Crippen LogP contribution >= 0.6 is 0 Å². The Kier molecular flexibility index (Phi) is 3.46. The second-order valence-electron chi connectivity index (χ2n) is 2.92. The Morgan fingerprint density at radius 3 is 2.69 bits per heavy atom. The molecule has 1 aliphatic rings. The van der Waals surface area contributed by atoms with Gasteiger partial charge in [-0.2, -0.15) is 13.2 Å². The fourth-order valence-corrected chi connectivity index (χ4v) is 1.16. The van der Waals surface area contributed by atoms with E-state index in [9.17, 15) is 22.8 Å². The Morgan fingerprint density at radius 1 is 1.56 bits per heavy atom. The number of dihydropyridines is 1. The topological polar surface area (TPSA) is 55.7 Å². The highest BCUT2D eigenvalue weighted by Gasteiger charge is 2.45. The van der Waals surface area contributed by atoms with E-state index in [1.54, 1.807) is 0 Å². The van der Waals surface area contributed by atoms with E-state index in [4.69, 9.17) is 0 Å². The molecule has 0 radical (unpaired) electrons. The van der Waals surface area contributed by atoms with Gasteiger partial charge in [-0.05, 0) is 6.92 Å². The van der Waals surface area contributed by atoms with Crippen LogP contribution in [0, 0.1) is 5.92 Å². The largest absolute Gasteiger partial charge is 0.465 e. The van der Waals surface area contributed by atoms with Crippen LogP contribution < -0.4 is 0 Å². The van der Waals surface area contributed by atoms with Crippen LogP contribution in [0.15, 0.2) is 17.1 Å². The van der Waals surface area contributed by atoms with Gasteiger partial charge in [0.05, 0.1) is 6.61 Å². The first-order chi connectivity index (χ1) is 7.36. The Balaban J connectivity index is 3.00. The number of carbonyl (C=O) groups excluding carboxylic acids is 2. The molecule has 88 valence electrons. The maximum absolute atomic E-state index is 12.4. The maximum Gasteiger partial charge on any atom is 0.430 e. The molecule has 16 heavy (non-hydrogen) atoms. The zero-order chi connectivity index (χ0) is 12.3. The van der Waals surface area contributed by atoms with Crippen molar-refractivity contribution in [3.8, 4) is 0 Å². The zero-order valence-electron chi connectivity index (χ0n) is 8.25. The number of amides is 1. The lowest BCUT2D eigenvalue weighted by Gasteiger charge is -2.18. The van der Waals surface area contributed by atoms with Gasteiger partial charge in [0.25, 0.3) is 5.91 Å². The van der Waals surface area contributed by atoms with Crippen molar-refractivity contribution >= 4 is 17.6 Å². The lowest BCUT2D eigenvalue weighted by atomic mass is 10.00. The van der Waals surface area contributed by atoms with Crippen LogP contribution in [0.2, 0.25) is 0 Å². The third-order valence-electron chi connectivity index (χ3n) is 1.79. The fourth-order valence-electron chi connectivity index (χ4n) is 1.16. The monoisotopic (exact) mass is 235 g/mol. The van der Waals surface area contributed by atoms with Crippen LogP contribution in [0.5, 0.6) is 0 Å². The molecule has 0 bridgehead atoms. The molecule has 1 aliphatic heterocycles. The number of carbonyl (C=O) groups is 2. The molecule has 1 unspecified atom stereocenters. The van der Waals surface area contributed by atoms with E-state index < -0.39 is 29.7 Å². The quantitative estimate of drug-likeness (QED) is 0.677. The van der Waals surface area contributed by atoms with Gasteiger partial charge in [0, 0.05) is 6.08 Å². The normalized spacial score (nSPS) is 20.6.